The number of sulfonamides is 1. The van der Waals surface area contributed by atoms with Crippen LogP contribution in [-0.2, 0) is 10.0 Å². The molecule has 0 saturated carbocycles. The minimum atomic E-state index is -3.77. The Labute approximate surface area is 184 Å². The molecule has 2 aromatic carbocycles. The summed E-state index contributed by atoms with van der Waals surface area (Å²) < 4.78 is 58.9. The van der Waals surface area contributed by atoms with Crippen LogP contribution in [0.4, 0.5) is 14.5 Å². The van der Waals surface area contributed by atoms with Gasteiger partial charge in [0.1, 0.15) is 17.4 Å². The second-order valence-corrected chi connectivity index (χ2v) is 8.95. The van der Waals surface area contributed by atoms with Gasteiger partial charge in [0.2, 0.25) is 15.8 Å². The van der Waals surface area contributed by atoms with E-state index in [1.165, 1.54) is 25.3 Å². The number of carbonyl (C=O) groups excluding carboxylic acids is 1. The quantitative estimate of drug-likeness (QED) is 0.421. The zero-order chi connectivity index (χ0) is 23.5. The van der Waals surface area contributed by atoms with Crippen LogP contribution in [-0.4, -0.2) is 43.8 Å². The number of halogens is 2. The van der Waals surface area contributed by atoms with Crippen molar-refractivity contribution in [3.8, 4) is 5.75 Å². The molecular weight excluding hydrogens is 442 g/mol. The number of carbonyl (C=O) groups is 1. The molecule has 10 heteroatoms. The van der Waals surface area contributed by atoms with Gasteiger partial charge in [-0.2, -0.15) is 0 Å². The van der Waals surface area contributed by atoms with Crippen LogP contribution in [0.2, 0.25) is 0 Å². The third-order valence-electron chi connectivity index (χ3n) is 4.93. The number of nitrogens with one attached hydrogen (secondary N) is 2. The fraction of sp³-hybridized carbons (Fsp3) is 0.227. The maximum absolute atomic E-state index is 14.7. The SMILES string of the molecule is COc1cc(F)ccc1C(=O)c1ccc(C(C)c2ccc(NS(=O)(=O)CCO)cc2F)[nH]1. The third kappa shape index (κ3) is 5.14. The Balaban J connectivity index is 1.83. The second-order valence-electron chi connectivity index (χ2n) is 7.10. The highest BCUT2D eigenvalue weighted by Gasteiger charge is 2.20. The standard InChI is InChI=1S/C22H22F2N2O5S/c1-13(16-6-4-15(12-18(16)24)26-32(29,30)10-9-27)19-7-8-20(25-19)22(28)17-5-3-14(23)11-21(17)31-2/h3-8,11-13,25-27H,9-10H2,1-2H3. The van der Waals surface area contributed by atoms with Gasteiger partial charge in [-0.1, -0.05) is 13.0 Å². The topological polar surface area (TPSA) is 108 Å². The normalized spacial score (nSPS) is 12.4. The second kappa shape index (κ2) is 9.49. The Hall–Kier alpha value is -3.24. The lowest BCUT2D eigenvalue weighted by atomic mass is 9.97. The van der Waals surface area contributed by atoms with Crippen molar-refractivity contribution in [1.82, 2.24) is 4.98 Å². The molecule has 3 aromatic rings. The molecule has 3 N–H and O–H groups in total. The number of H-pyrrole nitrogens is 1. The van der Waals surface area contributed by atoms with Crippen molar-refractivity contribution in [3.05, 3.63) is 82.7 Å². The number of aromatic nitrogens is 1. The molecule has 0 aliphatic carbocycles. The first-order valence-corrected chi connectivity index (χ1v) is 11.3. The number of ether oxygens (including phenoxy) is 1. The molecule has 0 amide bonds. The summed E-state index contributed by atoms with van der Waals surface area (Å²) in [4.78, 5) is 15.8. The molecule has 32 heavy (non-hydrogen) atoms. The Morgan fingerprint density at radius 2 is 1.91 bits per heavy atom. The summed E-state index contributed by atoms with van der Waals surface area (Å²) in [7, 11) is -2.43. The summed E-state index contributed by atoms with van der Waals surface area (Å²) >= 11 is 0. The molecule has 0 bridgehead atoms. The lowest BCUT2D eigenvalue weighted by molar-refractivity contribution is 0.103. The average Bonchev–Trinajstić information content (AvgIpc) is 3.22. The number of anilines is 1. The van der Waals surface area contributed by atoms with E-state index in [1.54, 1.807) is 19.1 Å². The minimum Gasteiger partial charge on any atom is -0.496 e. The summed E-state index contributed by atoms with van der Waals surface area (Å²) in [6.07, 6.45) is 0. The molecule has 1 aromatic heterocycles. The van der Waals surface area contributed by atoms with E-state index in [9.17, 15) is 22.0 Å². The number of aliphatic hydroxyl groups excluding tert-OH is 1. The van der Waals surface area contributed by atoms with Crippen LogP contribution in [0.5, 0.6) is 5.75 Å². The van der Waals surface area contributed by atoms with E-state index in [0.717, 1.165) is 18.2 Å². The van der Waals surface area contributed by atoms with E-state index in [-0.39, 0.29) is 28.3 Å². The van der Waals surface area contributed by atoms with E-state index in [2.05, 4.69) is 9.71 Å². The molecule has 0 aliphatic heterocycles. The molecule has 3 rings (SSSR count). The van der Waals surface area contributed by atoms with E-state index < -0.39 is 45.7 Å². The molecule has 0 saturated heterocycles. The smallest absolute Gasteiger partial charge is 0.234 e. The molecule has 1 unspecified atom stereocenters. The number of aliphatic hydroxyl groups is 1. The Kier molecular flexibility index (Phi) is 6.95. The summed E-state index contributed by atoms with van der Waals surface area (Å²) in [5, 5.41) is 8.79. The lowest BCUT2D eigenvalue weighted by Gasteiger charge is -2.14. The zero-order valence-corrected chi connectivity index (χ0v) is 18.2. The first-order chi connectivity index (χ1) is 15.1. The van der Waals surface area contributed by atoms with Gasteiger partial charge in [0.15, 0.2) is 0 Å². The Morgan fingerprint density at radius 3 is 2.56 bits per heavy atom. The average molecular weight is 464 g/mol. The van der Waals surface area contributed by atoms with E-state index in [0.29, 0.717) is 5.69 Å². The van der Waals surface area contributed by atoms with Gasteiger partial charge in [-0.25, -0.2) is 17.2 Å². The van der Waals surface area contributed by atoms with Crippen molar-refractivity contribution >= 4 is 21.5 Å². The van der Waals surface area contributed by atoms with Gasteiger partial charge < -0.3 is 14.8 Å². The van der Waals surface area contributed by atoms with Crippen molar-refractivity contribution < 1.29 is 31.8 Å². The molecule has 0 fully saturated rings. The van der Waals surface area contributed by atoms with Crippen LogP contribution in [0.15, 0.2) is 48.5 Å². The molecule has 0 spiro atoms. The van der Waals surface area contributed by atoms with Gasteiger partial charge in [-0.15, -0.1) is 0 Å². The highest BCUT2D eigenvalue weighted by atomic mass is 32.2. The van der Waals surface area contributed by atoms with Gasteiger partial charge in [-0.05, 0) is 42.0 Å². The van der Waals surface area contributed by atoms with Crippen LogP contribution in [0, 0.1) is 11.6 Å². The van der Waals surface area contributed by atoms with E-state index in [1.807, 2.05) is 0 Å². The van der Waals surface area contributed by atoms with Crippen LogP contribution in [0.3, 0.4) is 0 Å². The lowest BCUT2D eigenvalue weighted by Crippen LogP contribution is -2.19. The predicted molar refractivity (Wildman–Crippen MR) is 116 cm³/mol. The minimum absolute atomic E-state index is 0.0395. The largest absolute Gasteiger partial charge is 0.496 e. The van der Waals surface area contributed by atoms with Crippen LogP contribution < -0.4 is 9.46 Å². The van der Waals surface area contributed by atoms with Crippen molar-refractivity contribution in [2.24, 2.45) is 0 Å². The van der Waals surface area contributed by atoms with Crippen molar-refractivity contribution in [1.29, 1.82) is 0 Å². The van der Waals surface area contributed by atoms with Gasteiger partial charge in [-0.3, -0.25) is 9.52 Å². The first kappa shape index (κ1) is 23.4. The maximum Gasteiger partial charge on any atom is 0.234 e. The molecule has 1 heterocycles. The predicted octanol–water partition coefficient (Wildman–Crippen LogP) is 3.42. The zero-order valence-electron chi connectivity index (χ0n) is 17.4. The van der Waals surface area contributed by atoms with Crippen molar-refractivity contribution in [3.63, 3.8) is 0 Å². The van der Waals surface area contributed by atoms with E-state index in [4.69, 9.17) is 9.84 Å². The molecule has 0 aliphatic rings. The number of rotatable bonds is 9. The van der Waals surface area contributed by atoms with E-state index >= 15 is 0 Å². The highest BCUT2D eigenvalue weighted by molar-refractivity contribution is 7.92. The monoisotopic (exact) mass is 464 g/mol. The van der Waals surface area contributed by atoms with Crippen LogP contribution >= 0.6 is 0 Å². The van der Waals surface area contributed by atoms with Gasteiger partial charge in [0.25, 0.3) is 0 Å². The van der Waals surface area contributed by atoms with Gasteiger partial charge >= 0.3 is 0 Å². The summed E-state index contributed by atoms with van der Waals surface area (Å²) in [5.74, 6) is -2.44. The Morgan fingerprint density at radius 1 is 1.16 bits per heavy atom. The molecule has 170 valence electrons. The number of hydrogen-bond donors (Lipinski definition) is 3. The maximum atomic E-state index is 14.7. The molecule has 7 nitrogen and oxygen atoms in total. The molecular formula is C22H22F2N2O5S. The van der Waals surface area contributed by atoms with Crippen LogP contribution in [0.25, 0.3) is 0 Å². The first-order valence-electron chi connectivity index (χ1n) is 9.63. The molecule has 0 radical (unpaired) electrons. The highest BCUT2D eigenvalue weighted by Crippen LogP contribution is 2.29. The fourth-order valence-electron chi connectivity index (χ4n) is 3.25. The van der Waals surface area contributed by atoms with Crippen molar-refractivity contribution in [2.45, 2.75) is 12.8 Å². The summed E-state index contributed by atoms with van der Waals surface area (Å²) in [6.45, 7) is 1.18. The number of benzene rings is 2. The van der Waals surface area contributed by atoms with Crippen molar-refractivity contribution in [2.75, 3.05) is 24.2 Å². The number of hydrogen-bond acceptors (Lipinski definition) is 5. The van der Waals surface area contributed by atoms with Crippen LogP contribution in [0.1, 0.15) is 40.2 Å². The summed E-state index contributed by atoms with van der Waals surface area (Å²) in [6, 6.07) is 10.7. The third-order valence-corrected chi connectivity index (χ3v) is 6.19. The summed E-state index contributed by atoms with van der Waals surface area (Å²) in [5.41, 5.74) is 1.29. The Bertz CT molecular complexity index is 1240. The fourth-order valence-corrected chi connectivity index (χ4v) is 4.08. The number of aromatic amines is 1. The van der Waals surface area contributed by atoms with Gasteiger partial charge in [0, 0.05) is 17.7 Å². The number of methoxy groups -OCH3 is 1. The number of ketones is 1. The molecule has 1 atom stereocenters. The van der Waals surface area contributed by atoms with Gasteiger partial charge in [0.05, 0.1) is 36.4 Å².